The third kappa shape index (κ3) is 6.79. The Labute approximate surface area is 183 Å². The van der Waals surface area contributed by atoms with Crippen LogP contribution in [-0.4, -0.2) is 56.0 Å². The second-order valence-electron chi connectivity index (χ2n) is 8.01. The van der Waals surface area contributed by atoms with Gasteiger partial charge in [-0.2, -0.15) is 0 Å². The predicted octanol–water partition coefficient (Wildman–Crippen LogP) is 3.42. The maximum Gasteiger partial charge on any atom is 0.251 e. The number of benzene rings is 2. The van der Waals surface area contributed by atoms with Crippen LogP contribution in [0.3, 0.4) is 0 Å². The van der Waals surface area contributed by atoms with E-state index in [1.165, 1.54) is 36.4 Å². The van der Waals surface area contributed by atoms with E-state index in [4.69, 9.17) is 0 Å². The van der Waals surface area contributed by atoms with Crippen LogP contribution in [0.2, 0.25) is 0 Å². The summed E-state index contributed by atoms with van der Waals surface area (Å²) >= 11 is 0. The van der Waals surface area contributed by atoms with Crippen LogP contribution in [-0.2, 0) is 4.79 Å². The number of nitrogens with one attached hydrogen (secondary N) is 2. The van der Waals surface area contributed by atoms with Crippen molar-refractivity contribution in [3.63, 3.8) is 0 Å². The van der Waals surface area contributed by atoms with E-state index in [1.807, 2.05) is 0 Å². The first-order valence-electron chi connectivity index (χ1n) is 10.8. The molecule has 31 heavy (non-hydrogen) atoms. The van der Waals surface area contributed by atoms with Crippen LogP contribution >= 0.6 is 0 Å². The fraction of sp³-hybridized carbons (Fsp3) is 0.417. The van der Waals surface area contributed by atoms with Gasteiger partial charge in [0.05, 0.1) is 5.69 Å². The molecule has 1 heterocycles. The molecule has 0 aromatic heterocycles. The Morgan fingerprint density at radius 2 is 1.81 bits per heavy atom. The number of carbonyl (C=O) groups excluding carboxylic acids is 2. The van der Waals surface area contributed by atoms with Gasteiger partial charge in [0.15, 0.2) is 0 Å². The Morgan fingerprint density at radius 1 is 1.03 bits per heavy atom. The fourth-order valence-corrected chi connectivity index (χ4v) is 3.77. The number of piperazine rings is 1. The normalized spacial score (nSPS) is 14.4. The number of rotatable bonds is 8. The van der Waals surface area contributed by atoms with Crippen molar-refractivity contribution in [2.45, 2.75) is 26.7 Å². The second-order valence-corrected chi connectivity index (χ2v) is 8.01. The Hall–Kier alpha value is -2.93. The number of hydrogen-bond acceptors (Lipinski definition) is 4. The van der Waals surface area contributed by atoms with Crippen molar-refractivity contribution < 1.29 is 14.0 Å². The van der Waals surface area contributed by atoms with Crippen LogP contribution in [0.4, 0.5) is 15.8 Å². The minimum absolute atomic E-state index is 0.0185. The number of hydrogen-bond donors (Lipinski definition) is 2. The highest BCUT2D eigenvalue weighted by Crippen LogP contribution is 2.18. The van der Waals surface area contributed by atoms with Crippen molar-refractivity contribution in [3.05, 3.63) is 59.4 Å². The van der Waals surface area contributed by atoms with Gasteiger partial charge >= 0.3 is 0 Å². The quantitative estimate of drug-likeness (QED) is 0.635. The van der Waals surface area contributed by atoms with Crippen molar-refractivity contribution in [1.82, 2.24) is 10.2 Å². The van der Waals surface area contributed by atoms with Gasteiger partial charge in [-0.3, -0.25) is 14.5 Å². The zero-order chi connectivity index (χ0) is 22.2. The first-order valence-corrected chi connectivity index (χ1v) is 10.8. The minimum atomic E-state index is -0.561. The van der Waals surface area contributed by atoms with Crippen molar-refractivity contribution in [2.24, 2.45) is 0 Å². The van der Waals surface area contributed by atoms with Gasteiger partial charge in [0, 0.05) is 50.9 Å². The average Bonchev–Trinajstić information content (AvgIpc) is 2.75. The van der Waals surface area contributed by atoms with E-state index in [2.05, 4.69) is 51.6 Å². The number of aryl methyl sites for hydroxylation is 1. The highest BCUT2D eigenvalue weighted by Gasteiger charge is 2.17. The molecule has 166 valence electrons. The lowest BCUT2D eigenvalue weighted by atomic mass is 10.1. The molecule has 2 aromatic rings. The summed E-state index contributed by atoms with van der Waals surface area (Å²) in [7, 11) is 0. The maximum atomic E-state index is 13.7. The summed E-state index contributed by atoms with van der Waals surface area (Å²) in [6.45, 7) is 9.15. The standard InChI is InChI=1S/C24H31FN4O2/c1-18-6-5-7-21(16-18)29-14-12-28(13-15-29)11-4-3-10-26-24(31)20-8-9-22(25)23(17-20)27-19(2)30/h5-9,16-17H,3-4,10-15H2,1-2H3,(H,26,31)(H,27,30). The molecule has 2 amide bonds. The van der Waals surface area contributed by atoms with E-state index in [0.29, 0.717) is 12.1 Å². The molecule has 0 bridgehead atoms. The Balaban J connectivity index is 1.34. The first-order chi connectivity index (χ1) is 14.9. The molecule has 3 rings (SSSR count). The van der Waals surface area contributed by atoms with Crippen LogP contribution < -0.4 is 15.5 Å². The molecule has 0 atom stereocenters. The molecule has 1 saturated heterocycles. The first kappa shape index (κ1) is 22.7. The molecule has 2 aromatic carbocycles. The molecule has 0 saturated carbocycles. The SMILES string of the molecule is CC(=O)Nc1cc(C(=O)NCCCCN2CCN(c3cccc(C)c3)CC2)ccc1F. The zero-order valence-corrected chi connectivity index (χ0v) is 18.3. The van der Waals surface area contributed by atoms with E-state index < -0.39 is 5.82 Å². The molecule has 1 aliphatic rings. The third-order valence-corrected chi connectivity index (χ3v) is 5.47. The largest absolute Gasteiger partial charge is 0.369 e. The molecule has 0 radical (unpaired) electrons. The molecular weight excluding hydrogens is 395 g/mol. The number of halogens is 1. The van der Waals surface area contributed by atoms with Crippen molar-refractivity contribution in [3.8, 4) is 0 Å². The highest BCUT2D eigenvalue weighted by atomic mass is 19.1. The number of unbranched alkanes of at least 4 members (excludes halogenated alkanes) is 1. The summed E-state index contributed by atoms with van der Waals surface area (Å²) in [5.74, 6) is -1.20. The Kier molecular flexibility index (Phi) is 8.00. The number of nitrogens with zero attached hydrogens (tertiary/aromatic N) is 2. The number of carbonyl (C=O) groups is 2. The molecule has 1 fully saturated rings. The van der Waals surface area contributed by atoms with Gasteiger partial charge in [-0.05, 0) is 62.2 Å². The third-order valence-electron chi connectivity index (χ3n) is 5.47. The summed E-state index contributed by atoms with van der Waals surface area (Å²) in [6.07, 6.45) is 1.88. The van der Waals surface area contributed by atoms with Gasteiger partial charge in [0.1, 0.15) is 5.82 Å². The number of anilines is 2. The molecular formula is C24H31FN4O2. The van der Waals surface area contributed by atoms with Gasteiger partial charge in [-0.25, -0.2) is 4.39 Å². The van der Waals surface area contributed by atoms with E-state index in [-0.39, 0.29) is 17.5 Å². The van der Waals surface area contributed by atoms with Crippen LogP contribution in [0, 0.1) is 12.7 Å². The predicted molar refractivity (Wildman–Crippen MR) is 122 cm³/mol. The summed E-state index contributed by atoms with van der Waals surface area (Å²) in [4.78, 5) is 28.3. The van der Waals surface area contributed by atoms with Gasteiger partial charge < -0.3 is 15.5 Å². The lowest BCUT2D eigenvalue weighted by molar-refractivity contribution is -0.114. The Bertz CT molecular complexity index is 910. The van der Waals surface area contributed by atoms with Crippen LogP contribution in [0.25, 0.3) is 0 Å². The van der Waals surface area contributed by atoms with E-state index in [9.17, 15) is 14.0 Å². The molecule has 7 heteroatoms. The molecule has 0 spiro atoms. The fourth-order valence-electron chi connectivity index (χ4n) is 3.77. The smallest absolute Gasteiger partial charge is 0.251 e. The maximum absolute atomic E-state index is 13.7. The van der Waals surface area contributed by atoms with E-state index in [0.717, 1.165) is 45.6 Å². The van der Waals surface area contributed by atoms with Gasteiger partial charge in [0.25, 0.3) is 5.91 Å². The summed E-state index contributed by atoms with van der Waals surface area (Å²) in [5, 5.41) is 5.26. The van der Waals surface area contributed by atoms with E-state index >= 15 is 0 Å². The lowest BCUT2D eigenvalue weighted by Crippen LogP contribution is -2.46. The summed E-state index contributed by atoms with van der Waals surface area (Å²) in [5.41, 5.74) is 2.93. The average molecular weight is 427 g/mol. The van der Waals surface area contributed by atoms with E-state index in [1.54, 1.807) is 0 Å². The lowest BCUT2D eigenvalue weighted by Gasteiger charge is -2.36. The molecule has 1 aliphatic heterocycles. The van der Waals surface area contributed by atoms with Crippen LogP contribution in [0.15, 0.2) is 42.5 Å². The van der Waals surface area contributed by atoms with Crippen molar-refractivity contribution in [2.75, 3.05) is 49.5 Å². The van der Waals surface area contributed by atoms with Crippen molar-refractivity contribution in [1.29, 1.82) is 0 Å². The topological polar surface area (TPSA) is 64.7 Å². The molecule has 6 nitrogen and oxygen atoms in total. The Morgan fingerprint density at radius 3 is 2.52 bits per heavy atom. The molecule has 0 unspecified atom stereocenters. The van der Waals surface area contributed by atoms with Crippen LogP contribution in [0.1, 0.15) is 35.7 Å². The minimum Gasteiger partial charge on any atom is -0.369 e. The van der Waals surface area contributed by atoms with Gasteiger partial charge in [-0.1, -0.05) is 12.1 Å². The molecule has 2 N–H and O–H groups in total. The molecule has 0 aliphatic carbocycles. The summed E-state index contributed by atoms with van der Waals surface area (Å²) in [6, 6.07) is 12.6. The summed E-state index contributed by atoms with van der Waals surface area (Å²) < 4.78 is 13.7. The number of amides is 2. The second kappa shape index (κ2) is 10.9. The van der Waals surface area contributed by atoms with Gasteiger partial charge in [0.2, 0.25) is 5.91 Å². The highest BCUT2D eigenvalue weighted by molar-refractivity contribution is 5.96. The monoisotopic (exact) mass is 426 g/mol. The van der Waals surface area contributed by atoms with Gasteiger partial charge in [-0.15, -0.1) is 0 Å². The van der Waals surface area contributed by atoms with Crippen molar-refractivity contribution >= 4 is 23.2 Å². The van der Waals surface area contributed by atoms with Crippen LogP contribution in [0.5, 0.6) is 0 Å². The zero-order valence-electron chi connectivity index (χ0n) is 18.3.